The van der Waals surface area contributed by atoms with Gasteiger partial charge in [-0.25, -0.2) is 4.79 Å². The number of aromatic amines is 1. The van der Waals surface area contributed by atoms with Crippen molar-refractivity contribution in [3.05, 3.63) is 29.8 Å². The minimum Gasteiger partial charge on any atom is -0.462 e. The van der Waals surface area contributed by atoms with Crippen molar-refractivity contribution in [2.24, 2.45) is 0 Å². The Hall–Kier alpha value is -2.24. The normalized spacial score (nSPS) is 10.2. The van der Waals surface area contributed by atoms with Crippen LogP contribution >= 0.6 is 0 Å². The third-order valence-electron chi connectivity index (χ3n) is 2.14. The molecule has 0 aliphatic rings. The average molecular weight is 232 g/mol. The van der Waals surface area contributed by atoms with Gasteiger partial charge in [0, 0.05) is 5.56 Å². The molecule has 0 fully saturated rings. The molecule has 0 saturated carbocycles. The number of H-pyrrole nitrogens is 1. The van der Waals surface area contributed by atoms with Crippen LogP contribution < -0.4 is 0 Å². The lowest BCUT2D eigenvalue weighted by atomic mass is 10.1. The molecule has 0 unspecified atom stereocenters. The number of carbonyl (C=O) groups excluding carboxylic acids is 1. The fraction of sp³-hybridized carbons (Fsp3) is 0.273. The molecule has 6 heteroatoms. The van der Waals surface area contributed by atoms with E-state index in [-0.39, 0.29) is 5.97 Å². The van der Waals surface area contributed by atoms with Crippen LogP contribution in [0.1, 0.15) is 23.7 Å². The lowest BCUT2D eigenvalue weighted by molar-refractivity contribution is 0.0505. The molecule has 0 aliphatic carbocycles. The number of ether oxygens (including phenoxy) is 1. The second-order valence-corrected chi connectivity index (χ2v) is 3.45. The number of hydrogen-bond donors (Lipinski definition) is 1. The Morgan fingerprint density at radius 1 is 1.47 bits per heavy atom. The minimum absolute atomic E-state index is 0.336. The molecule has 0 radical (unpaired) electrons. The van der Waals surface area contributed by atoms with Crippen LogP contribution in [0.15, 0.2) is 24.3 Å². The maximum Gasteiger partial charge on any atom is 0.338 e. The van der Waals surface area contributed by atoms with E-state index in [1.54, 1.807) is 24.3 Å². The fourth-order valence-corrected chi connectivity index (χ4v) is 1.35. The summed E-state index contributed by atoms with van der Waals surface area (Å²) in [5, 5.41) is 13.5. The van der Waals surface area contributed by atoms with Crippen LogP contribution in [0.25, 0.3) is 11.4 Å². The van der Waals surface area contributed by atoms with Gasteiger partial charge in [0.1, 0.15) is 0 Å². The van der Waals surface area contributed by atoms with E-state index < -0.39 is 0 Å². The van der Waals surface area contributed by atoms with Gasteiger partial charge in [0.15, 0.2) is 0 Å². The molecule has 2 rings (SSSR count). The van der Waals surface area contributed by atoms with E-state index in [1.807, 2.05) is 6.92 Å². The van der Waals surface area contributed by atoms with Crippen molar-refractivity contribution >= 4 is 5.97 Å². The maximum absolute atomic E-state index is 11.6. The molecule has 1 aromatic heterocycles. The maximum atomic E-state index is 11.6. The van der Waals surface area contributed by atoms with Gasteiger partial charge in [-0.3, -0.25) is 0 Å². The molecule has 0 amide bonds. The molecule has 2 aromatic rings. The second kappa shape index (κ2) is 5.20. The molecule has 0 saturated heterocycles. The van der Waals surface area contributed by atoms with Gasteiger partial charge in [-0.1, -0.05) is 19.1 Å². The summed E-state index contributed by atoms with van der Waals surface area (Å²) >= 11 is 0. The molecule has 6 nitrogen and oxygen atoms in total. The summed E-state index contributed by atoms with van der Waals surface area (Å²) in [6.45, 7) is 2.37. The topological polar surface area (TPSA) is 80.8 Å². The Labute approximate surface area is 98.0 Å². The monoisotopic (exact) mass is 232 g/mol. The first-order chi connectivity index (χ1) is 8.31. The van der Waals surface area contributed by atoms with E-state index in [9.17, 15) is 4.79 Å². The molecule has 1 aromatic carbocycles. The van der Waals surface area contributed by atoms with Crippen molar-refractivity contribution < 1.29 is 9.53 Å². The van der Waals surface area contributed by atoms with Gasteiger partial charge in [-0.05, 0) is 23.8 Å². The lowest BCUT2D eigenvalue weighted by Gasteiger charge is -2.03. The standard InChI is InChI=1S/C11H12N4O2/c1-2-6-17-11(16)9-5-3-4-8(7-9)10-12-14-15-13-10/h3-5,7H,2,6H2,1H3,(H,12,13,14,15). The van der Waals surface area contributed by atoms with Gasteiger partial charge in [0.05, 0.1) is 12.2 Å². The van der Waals surface area contributed by atoms with Gasteiger partial charge in [0.25, 0.3) is 0 Å². The first-order valence-corrected chi connectivity index (χ1v) is 5.32. The third kappa shape index (κ3) is 2.66. The van der Waals surface area contributed by atoms with Gasteiger partial charge >= 0.3 is 5.97 Å². The minimum atomic E-state index is -0.336. The first-order valence-electron chi connectivity index (χ1n) is 5.32. The molecule has 0 spiro atoms. The number of hydrogen-bond acceptors (Lipinski definition) is 5. The van der Waals surface area contributed by atoms with Crippen LogP contribution in [0.5, 0.6) is 0 Å². The van der Waals surface area contributed by atoms with Crippen LogP contribution in [-0.4, -0.2) is 33.2 Å². The highest BCUT2D eigenvalue weighted by atomic mass is 16.5. The van der Waals surface area contributed by atoms with Gasteiger partial charge in [0.2, 0.25) is 5.82 Å². The molecular formula is C11H12N4O2. The van der Waals surface area contributed by atoms with Crippen molar-refractivity contribution in [1.82, 2.24) is 20.6 Å². The Kier molecular flexibility index (Phi) is 3.44. The predicted octanol–water partition coefficient (Wildman–Crippen LogP) is 1.43. The number of esters is 1. The van der Waals surface area contributed by atoms with Crippen LogP contribution in [0, 0.1) is 0 Å². The first kappa shape index (κ1) is 11.3. The molecule has 1 heterocycles. The smallest absolute Gasteiger partial charge is 0.338 e. The molecule has 0 aliphatic heterocycles. The summed E-state index contributed by atoms with van der Waals surface area (Å²) < 4.78 is 5.05. The van der Waals surface area contributed by atoms with Crippen LogP contribution in [-0.2, 0) is 4.74 Å². The lowest BCUT2D eigenvalue weighted by Crippen LogP contribution is -2.05. The highest BCUT2D eigenvalue weighted by Gasteiger charge is 2.09. The highest BCUT2D eigenvalue weighted by molar-refractivity contribution is 5.90. The van der Waals surface area contributed by atoms with Crippen molar-refractivity contribution in [2.45, 2.75) is 13.3 Å². The van der Waals surface area contributed by atoms with E-state index in [0.717, 1.165) is 12.0 Å². The third-order valence-corrected chi connectivity index (χ3v) is 2.14. The van der Waals surface area contributed by atoms with E-state index in [0.29, 0.717) is 18.0 Å². The summed E-state index contributed by atoms with van der Waals surface area (Å²) in [6.07, 6.45) is 0.802. The van der Waals surface area contributed by atoms with E-state index in [1.165, 1.54) is 0 Å². The molecule has 17 heavy (non-hydrogen) atoms. The summed E-state index contributed by atoms with van der Waals surface area (Å²) in [5.74, 6) is 0.118. The zero-order chi connectivity index (χ0) is 12.1. The van der Waals surface area contributed by atoms with Gasteiger partial charge in [-0.2, -0.15) is 5.21 Å². The molecule has 88 valence electrons. The summed E-state index contributed by atoms with van der Waals surface area (Å²) in [6, 6.07) is 6.94. The number of aromatic nitrogens is 4. The van der Waals surface area contributed by atoms with Crippen LogP contribution in [0.3, 0.4) is 0 Å². The number of benzene rings is 1. The average Bonchev–Trinajstić information content (AvgIpc) is 2.90. The van der Waals surface area contributed by atoms with Crippen molar-refractivity contribution in [1.29, 1.82) is 0 Å². The second-order valence-electron chi connectivity index (χ2n) is 3.45. The largest absolute Gasteiger partial charge is 0.462 e. The Morgan fingerprint density at radius 3 is 3.06 bits per heavy atom. The van der Waals surface area contributed by atoms with Crippen LogP contribution in [0.2, 0.25) is 0 Å². The molecular weight excluding hydrogens is 220 g/mol. The van der Waals surface area contributed by atoms with Gasteiger partial charge < -0.3 is 4.74 Å². The molecule has 0 atom stereocenters. The quantitative estimate of drug-likeness (QED) is 0.806. The Morgan fingerprint density at radius 2 is 2.35 bits per heavy atom. The molecule has 0 bridgehead atoms. The van der Waals surface area contributed by atoms with Crippen molar-refractivity contribution in [3.63, 3.8) is 0 Å². The van der Waals surface area contributed by atoms with Gasteiger partial charge in [-0.15, -0.1) is 10.2 Å². The van der Waals surface area contributed by atoms with Crippen molar-refractivity contribution in [2.75, 3.05) is 6.61 Å². The van der Waals surface area contributed by atoms with E-state index in [2.05, 4.69) is 20.6 Å². The Balaban J connectivity index is 2.20. The SMILES string of the molecule is CCCOC(=O)c1cccc(-c2nn[nH]n2)c1. The summed E-state index contributed by atoms with van der Waals surface area (Å²) in [5.41, 5.74) is 1.21. The van der Waals surface area contributed by atoms with E-state index in [4.69, 9.17) is 4.74 Å². The predicted molar refractivity (Wildman–Crippen MR) is 60.2 cm³/mol. The fourth-order valence-electron chi connectivity index (χ4n) is 1.35. The summed E-state index contributed by atoms with van der Waals surface area (Å²) in [7, 11) is 0. The Bertz CT molecular complexity index is 496. The zero-order valence-corrected chi connectivity index (χ0v) is 9.38. The van der Waals surface area contributed by atoms with Crippen molar-refractivity contribution in [3.8, 4) is 11.4 Å². The highest BCUT2D eigenvalue weighted by Crippen LogP contribution is 2.15. The van der Waals surface area contributed by atoms with Crippen LogP contribution in [0.4, 0.5) is 0 Å². The number of nitrogens with one attached hydrogen (secondary N) is 1. The number of nitrogens with zero attached hydrogens (tertiary/aromatic N) is 3. The number of carbonyl (C=O) groups is 1. The number of tetrazole rings is 1. The summed E-state index contributed by atoms with van der Waals surface area (Å²) in [4.78, 5) is 11.6. The van der Waals surface area contributed by atoms with E-state index >= 15 is 0 Å². The molecule has 1 N–H and O–H groups in total. The number of rotatable bonds is 4. The zero-order valence-electron chi connectivity index (χ0n) is 9.38.